The molecular weight excluding hydrogens is 214 g/mol. The van der Waals surface area contributed by atoms with E-state index >= 15 is 0 Å². The van der Waals surface area contributed by atoms with Crippen LogP contribution in [0.4, 0.5) is 0 Å². The van der Waals surface area contributed by atoms with Gasteiger partial charge in [0.05, 0.1) is 19.6 Å². The molecule has 6 nitrogen and oxygen atoms in total. The van der Waals surface area contributed by atoms with Crippen molar-refractivity contribution in [1.29, 1.82) is 0 Å². The van der Waals surface area contributed by atoms with Gasteiger partial charge in [0, 0.05) is 6.92 Å². The second-order valence-corrected chi connectivity index (χ2v) is 3.76. The van der Waals surface area contributed by atoms with Crippen molar-refractivity contribution in [3.8, 4) is 0 Å². The molecule has 0 aromatic heterocycles. The number of carbonyl (C=O) groups is 3. The SMILES string of the molecule is COC(=O)C1C(NC(C)=O)CC(=O)OC1C. The van der Waals surface area contributed by atoms with Gasteiger partial charge in [-0.3, -0.25) is 14.4 Å². The highest BCUT2D eigenvalue weighted by Crippen LogP contribution is 2.23. The largest absolute Gasteiger partial charge is 0.469 e. The van der Waals surface area contributed by atoms with E-state index in [1.165, 1.54) is 14.0 Å². The van der Waals surface area contributed by atoms with Crippen molar-refractivity contribution in [1.82, 2.24) is 5.32 Å². The molecule has 1 saturated heterocycles. The first-order chi connectivity index (χ1) is 7.45. The number of carbonyl (C=O) groups excluding carboxylic acids is 3. The van der Waals surface area contributed by atoms with E-state index in [4.69, 9.17) is 4.74 Å². The maximum atomic E-state index is 11.5. The van der Waals surface area contributed by atoms with E-state index in [2.05, 4.69) is 10.1 Å². The van der Waals surface area contributed by atoms with Crippen molar-refractivity contribution >= 4 is 17.8 Å². The van der Waals surface area contributed by atoms with Crippen LogP contribution in [0, 0.1) is 5.92 Å². The van der Waals surface area contributed by atoms with Crippen LogP contribution >= 0.6 is 0 Å². The lowest BCUT2D eigenvalue weighted by Crippen LogP contribution is -2.53. The van der Waals surface area contributed by atoms with Crippen LogP contribution in [-0.4, -0.2) is 37.1 Å². The summed E-state index contributed by atoms with van der Waals surface area (Å²) in [6.07, 6.45) is -0.602. The molecule has 0 saturated carbocycles. The number of amides is 1. The molecule has 3 unspecified atom stereocenters. The minimum Gasteiger partial charge on any atom is -0.469 e. The van der Waals surface area contributed by atoms with Crippen LogP contribution in [0.15, 0.2) is 0 Å². The van der Waals surface area contributed by atoms with E-state index in [0.717, 1.165) is 0 Å². The third-order valence-corrected chi connectivity index (χ3v) is 2.51. The Morgan fingerprint density at radius 3 is 2.62 bits per heavy atom. The van der Waals surface area contributed by atoms with E-state index in [1.807, 2.05) is 0 Å². The van der Waals surface area contributed by atoms with Gasteiger partial charge in [-0.25, -0.2) is 0 Å². The standard InChI is InChI=1S/C10H15NO5/c1-5-9(10(14)15-3)7(11-6(2)12)4-8(13)16-5/h5,7,9H,4H2,1-3H3,(H,11,12). The van der Waals surface area contributed by atoms with Gasteiger partial charge >= 0.3 is 11.9 Å². The van der Waals surface area contributed by atoms with E-state index in [0.29, 0.717) is 0 Å². The predicted octanol–water partition coefficient (Wildman–Crippen LogP) is -0.384. The molecule has 0 aliphatic carbocycles. The highest BCUT2D eigenvalue weighted by atomic mass is 16.6. The molecule has 1 N–H and O–H groups in total. The van der Waals surface area contributed by atoms with Crippen LogP contribution in [0.5, 0.6) is 0 Å². The Bertz CT molecular complexity index is 312. The van der Waals surface area contributed by atoms with Gasteiger partial charge in [0.25, 0.3) is 0 Å². The quantitative estimate of drug-likeness (QED) is 0.652. The summed E-state index contributed by atoms with van der Waals surface area (Å²) < 4.78 is 9.57. The van der Waals surface area contributed by atoms with Gasteiger partial charge in [-0.05, 0) is 6.92 Å². The third-order valence-electron chi connectivity index (χ3n) is 2.51. The molecule has 0 radical (unpaired) electrons. The number of ether oxygens (including phenoxy) is 2. The normalized spacial score (nSPS) is 29.2. The van der Waals surface area contributed by atoms with E-state index in [1.54, 1.807) is 6.92 Å². The fourth-order valence-corrected chi connectivity index (χ4v) is 1.86. The summed E-state index contributed by atoms with van der Waals surface area (Å²) in [5.74, 6) is -1.85. The van der Waals surface area contributed by atoms with Crippen molar-refractivity contribution in [2.75, 3.05) is 7.11 Å². The number of nitrogens with one attached hydrogen (secondary N) is 1. The first kappa shape index (κ1) is 12.5. The summed E-state index contributed by atoms with van der Waals surface area (Å²) in [5, 5.41) is 2.57. The maximum absolute atomic E-state index is 11.5. The summed E-state index contributed by atoms with van der Waals surface area (Å²) in [6.45, 7) is 2.94. The van der Waals surface area contributed by atoms with Gasteiger partial charge < -0.3 is 14.8 Å². The summed E-state index contributed by atoms with van der Waals surface area (Å²) in [4.78, 5) is 33.7. The average Bonchev–Trinajstić information content (AvgIpc) is 2.14. The Balaban J connectivity index is 2.84. The molecule has 1 aliphatic rings. The summed E-state index contributed by atoms with van der Waals surface area (Å²) in [7, 11) is 1.26. The molecule has 16 heavy (non-hydrogen) atoms. The van der Waals surface area contributed by atoms with Crippen LogP contribution < -0.4 is 5.32 Å². The highest BCUT2D eigenvalue weighted by molar-refractivity contribution is 5.81. The molecule has 1 heterocycles. The van der Waals surface area contributed by atoms with Crippen LogP contribution in [0.2, 0.25) is 0 Å². The van der Waals surface area contributed by atoms with Gasteiger partial charge in [0.15, 0.2) is 0 Å². The molecule has 6 heteroatoms. The second-order valence-electron chi connectivity index (χ2n) is 3.76. The van der Waals surface area contributed by atoms with E-state index < -0.39 is 30.0 Å². The summed E-state index contributed by atoms with van der Waals surface area (Å²) in [5.41, 5.74) is 0. The molecule has 0 aromatic carbocycles. The molecule has 0 bridgehead atoms. The topological polar surface area (TPSA) is 81.7 Å². The zero-order chi connectivity index (χ0) is 12.3. The van der Waals surface area contributed by atoms with E-state index in [9.17, 15) is 14.4 Å². The zero-order valence-corrected chi connectivity index (χ0v) is 9.48. The van der Waals surface area contributed by atoms with Crippen molar-refractivity contribution in [2.24, 2.45) is 5.92 Å². The zero-order valence-electron chi connectivity index (χ0n) is 9.48. The number of hydrogen-bond acceptors (Lipinski definition) is 5. The minimum absolute atomic E-state index is 0.0102. The van der Waals surface area contributed by atoms with Crippen molar-refractivity contribution < 1.29 is 23.9 Å². The van der Waals surface area contributed by atoms with Crippen molar-refractivity contribution in [3.63, 3.8) is 0 Å². The van der Waals surface area contributed by atoms with Gasteiger partial charge in [-0.15, -0.1) is 0 Å². The number of esters is 2. The molecular formula is C10H15NO5. The molecule has 0 spiro atoms. The molecule has 1 aliphatic heterocycles. The molecule has 0 aromatic rings. The first-order valence-corrected chi connectivity index (χ1v) is 5.00. The van der Waals surface area contributed by atoms with Crippen LogP contribution in [0.3, 0.4) is 0 Å². The Hall–Kier alpha value is -1.59. The smallest absolute Gasteiger partial charge is 0.314 e. The molecule has 3 atom stereocenters. The minimum atomic E-state index is -0.647. The maximum Gasteiger partial charge on any atom is 0.314 e. The lowest BCUT2D eigenvalue weighted by Gasteiger charge is -2.33. The van der Waals surface area contributed by atoms with Crippen LogP contribution in [0.1, 0.15) is 20.3 Å². The Labute approximate surface area is 93.3 Å². The third kappa shape index (κ3) is 2.71. The van der Waals surface area contributed by atoms with Gasteiger partial charge in [-0.2, -0.15) is 0 Å². The van der Waals surface area contributed by atoms with Crippen molar-refractivity contribution in [2.45, 2.75) is 32.4 Å². The molecule has 1 fully saturated rings. The molecule has 1 rings (SSSR count). The molecule has 1 amide bonds. The van der Waals surface area contributed by atoms with Gasteiger partial charge in [-0.1, -0.05) is 0 Å². The number of hydrogen-bond donors (Lipinski definition) is 1. The lowest BCUT2D eigenvalue weighted by atomic mass is 9.89. The number of cyclic esters (lactones) is 1. The Kier molecular flexibility index (Phi) is 3.87. The summed E-state index contributed by atoms with van der Waals surface area (Å²) >= 11 is 0. The van der Waals surface area contributed by atoms with E-state index in [-0.39, 0.29) is 12.3 Å². The first-order valence-electron chi connectivity index (χ1n) is 5.00. The fraction of sp³-hybridized carbons (Fsp3) is 0.700. The lowest BCUT2D eigenvalue weighted by molar-refractivity contribution is -0.169. The fourth-order valence-electron chi connectivity index (χ4n) is 1.86. The predicted molar refractivity (Wildman–Crippen MR) is 53.3 cm³/mol. The summed E-state index contributed by atoms with van der Waals surface area (Å²) in [6, 6.07) is -0.554. The number of methoxy groups -OCH3 is 1. The van der Waals surface area contributed by atoms with Gasteiger partial charge in [0.1, 0.15) is 12.0 Å². The Morgan fingerprint density at radius 2 is 2.12 bits per heavy atom. The molecule has 90 valence electrons. The highest BCUT2D eigenvalue weighted by Gasteiger charge is 2.42. The van der Waals surface area contributed by atoms with Crippen molar-refractivity contribution in [3.05, 3.63) is 0 Å². The van der Waals surface area contributed by atoms with Gasteiger partial charge in [0.2, 0.25) is 5.91 Å². The van der Waals surface area contributed by atoms with Crippen LogP contribution in [-0.2, 0) is 23.9 Å². The average molecular weight is 229 g/mol. The van der Waals surface area contributed by atoms with Crippen LogP contribution in [0.25, 0.3) is 0 Å². The number of rotatable bonds is 2. The monoisotopic (exact) mass is 229 g/mol. The Morgan fingerprint density at radius 1 is 1.50 bits per heavy atom. The second kappa shape index (κ2) is 4.96.